The van der Waals surface area contributed by atoms with Crippen molar-refractivity contribution in [1.82, 2.24) is 0 Å². The summed E-state index contributed by atoms with van der Waals surface area (Å²) in [5, 5.41) is 0. The highest BCUT2D eigenvalue weighted by molar-refractivity contribution is 5.44. The van der Waals surface area contributed by atoms with Crippen LogP contribution in [0.4, 0.5) is 0 Å². The molecule has 0 spiro atoms. The molecular weight excluding hydrogens is 420 g/mol. The largest absolute Gasteiger partial charge is 0.0888 e. The summed E-state index contributed by atoms with van der Waals surface area (Å²) in [5.41, 5.74) is 5.06. The molecule has 35 heavy (non-hydrogen) atoms. The summed E-state index contributed by atoms with van der Waals surface area (Å²) >= 11 is 0. The van der Waals surface area contributed by atoms with Gasteiger partial charge in [0.15, 0.2) is 0 Å². The van der Waals surface area contributed by atoms with Gasteiger partial charge in [0.1, 0.15) is 0 Å². The molecule has 3 rings (SSSR count). The molecule has 1 aliphatic carbocycles. The molecule has 1 aliphatic rings. The number of benzene rings is 2. The first-order valence-corrected chi connectivity index (χ1v) is 14.6. The SMILES string of the molecule is CC/C=C/CCc1ccc(C#Cc2ccc(CCC3CCC(CCCCCCC)CC3)cc2)cc1. The predicted octanol–water partition coefficient (Wildman–Crippen LogP) is 10.1. The van der Waals surface area contributed by atoms with Gasteiger partial charge in [0.05, 0.1) is 0 Å². The van der Waals surface area contributed by atoms with Gasteiger partial charge in [0, 0.05) is 11.1 Å². The molecule has 0 radical (unpaired) electrons. The molecule has 1 fully saturated rings. The van der Waals surface area contributed by atoms with Crippen molar-refractivity contribution in [2.75, 3.05) is 0 Å². The number of hydrogen-bond donors (Lipinski definition) is 0. The third-order valence-corrected chi connectivity index (χ3v) is 7.78. The van der Waals surface area contributed by atoms with E-state index in [1.165, 1.54) is 88.2 Å². The average molecular weight is 469 g/mol. The summed E-state index contributed by atoms with van der Waals surface area (Å²) in [4.78, 5) is 0. The second-order valence-electron chi connectivity index (χ2n) is 10.7. The smallest absolute Gasteiger partial charge is 0.0249 e. The highest BCUT2D eigenvalue weighted by atomic mass is 14.3. The van der Waals surface area contributed by atoms with Gasteiger partial charge in [0.25, 0.3) is 0 Å². The maximum absolute atomic E-state index is 3.34. The molecule has 0 N–H and O–H groups in total. The topological polar surface area (TPSA) is 0 Å². The van der Waals surface area contributed by atoms with Gasteiger partial charge in [-0.05, 0) is 79.3 Å². The van der Waals surface area contributed by atoms with Gasteiger partial charge in [-0.3, -0.25) is 0 Å². The minimum atomic E-state index is 0.941. The summed E-state index contributed by atoms with van der Waals surface area (Å²) in [7, 11) is 0. The highest BCUT2D eigenvalue weighted by Gasteiger charge is 2.20. The molecule has 0 bridgehead atoms. The third-order valence-electron chi connectivity index (χ3n) is 7.78. The van der Waals surface area contributed by atoms with Crippen LogP contribution in [0.5, 0.6) is 0 Å². The molecule has 2 aromatic rings. The van der Waals surface area contributed by atoms with E-state index in [0.29, 0.717) is 0 Å². The monoisotopic (exact) mass is 468 g/mol. The van der Waals surface area contributed by atoms with Crippen LogP contribution in [0.2, 0.25) is 0 Å². The fourth-order valence-corrected chi connectivity index (χ4v) is 5.40. The zero-order valence-corrected chi connectivity index (χ0v) is 22.5. The number of rotatable bonds is 13. The summed E-state index contributed by atoms with van der Waals surface area (Å²) < 4.78 is 0. The van der Waals surface area contributed by atoms with Crippen molar-refractivity contribution >= 4 is 0 Å². The van der Waals surface area contributed by atoms with Crippen molar-refractivity contribution in [3.8, 4) is 11.8 Å². The Bertz CT molecular complexity index is 895. The Morgan fingerprint density at radius 2 is 1.17 bits per heavy atom. The Kier molecular flexibility index (Phi) is 12.8. The summed E-state index contributed by atoms with van der Waals surface area (Å²) in [5.74, 6) is 8.64. The lowest BCUT2D eigenvalue weighted by Gasteiger charge is -2.28. The minimum absolute atomic E-state index is 0.941. The molecule has 0 heteroatoms. The lowest BCUT2D eigenvalue weighted by Crippen LogP contribution is -2.15. The Balaban J connectivity index is 1.35. The van der Waals surface area contributed by atoms with Gasteiger partial charge in [-0.1, -0.05) is 126 Å². The van der Waals surface area contributed by atoms with Crippen LogP contribution in [-0.4, -0.2) is 0 Å². The van der Waals surface area contributed by atoms with Crippen molar-refractivity contribution < 1.29 is 0 Å². The molecule has 0 heterocycles. The minimum Gasteiger partial charge on any atom is -0.0888 e. The van der Waals surface area contributed by atoms with Crippen molar-refractivity contribution in [2.45, 2.75) is 110 Å². The molecule has 188 valence electrons. The Morgan fingerprint density at radius 1 is 0.629 bits per heavy atom. The van der Waals surface area contributed by atoms with E-state index in [9.17, 15) is 0 Å². The van der Waals surface area contributed by atoms with E-state index in [2.05, 4.69) is 86.4 Å². The lowest BCUT2D eigenvalue weighted by molar-refractivity contribution is 0.248. The maximum atomic E-state index is 3.34. The van der Waals surface area contributed by atoms with Crippen molar-refractivity contribution in [1.29, 1.82) is 0 Å². The molecule has 2 aromatic carbocycles. The van der Waals surface area contributed by atoms with E-state index in [1.807, 2.05) is 0 Å². The van der Waals surface area contributed by atoms with Crippen LogP contribution in [0.1, 0.15) is 120 Å². The molecule has 0 nitrogen and oxygen atoms in total. The Labute approximate surface area is 216 Å². The lowest BCUT2D eigenvalue weighted by atomic mass is 9.77. The second-order valence-corrected chi connectivity index (χ2v) is 10.7. The van der Waals surface area contributed by atoms with E-state index in [1.54, 1.807) is 0 Å². The molecule has 0 aromatic heterocycles. The number of unbranched alkanes of at least 4 members (excludes halogenated alkanes) is 4. The van der Waals surface area contributed by atoms with Gasteiger partial charge in [-0.15, -0.1) is 0 Å². The van der Waals surface area contributed by atoms with Crippen LogP contribution in [0.15, 0.2) is 60.7 Å². The molecule has 0 unspecified atom stereocenters. The van der Waals surface area contributed by atoms with Crippen LogP contribution >= 0.6 is 0 Å². The number of hydrogen-bond acceptors (Lipinski definition) is 0. The van der Waals surface area contributed by atoms with Crippen LogP contribution in [-0.2, 0) is 12.8 Å². The highest BCUT2D eigenvalue weighted by Crippen LogP contribution is 2.34. The van der Waals surface area contributed by atoms with Crippen molar-refractivity contribution in [2.24, 2.45) is 11.8 Å². The second kappa shape index (κ2) is 16.4. The molecule has 0 amide bonds. The van der Waals surface area contributed by atoms with Crippen LogP contribution < -0.4 is 0 Å². The van der Waals surface area contributed by atoms with E-state index < -0.39 is 0 Å². The molecular formula is C35H48. The first kappa shape index (κ1) is 27.3. The first-order valence-electron chi connectivity index (χ1n) is 14.6. The fraction of sp³-hybridized carbons (Fsp3) is 0.543. The van der Waals surface area contributed by atoms with Gasteiger partial charge >= 0.3 is 0 Å². The summed E-state index contributed by atoms with van der Waals surface area (Å²) in [6.45, 7) is 4.48. The predicted molar refractivity (Wildman–Crippen MR) is 154 cm³/mol. The van der Waals surface area contributed by atoms with Gasteiger partial charge in [0.2, 0.25) is 0 Å². The number of aryl methyl sites for hydroxylation is 2. The quantitative estimate of drug-likeness (QED) is 0.156. The zero-order valence-electron chi connectivity index (χ0n) is 22.5. The third kappa shape index (κ3) is 10.9. The Morgan fingerprint density at radius 3 is 1.74 bits per heavy atom. The molecule has 0 atom stereocenters. The number of allylic oxidation sites excluding steroid dienone is 2. The standard InChI is InChI=1S/C35H48/c1-3-5-7-9-11-13-31-16-20-33(21-17-31)23-25-35-28-26-34(27-29-35)24-22-32-18-14-30(15-19-32)12-10-8-6-4-2/h6,8,14-15,18-19,26-29,31,33H,3-5,7,9-13,16-17,20-21,23,25H2,1-2H3/b8-6+. The van der Waals surface area contributed by atoms with E-state index in [4.69, 9.17) is 0 Å². The molecule has 0 saturated heterocycles. The summed E-state index contributed by atoms with van der Waals surface area (Å²) in [6.07, 6.45) is 24.9. The fourth-order valence-electron chi connectivity index (χ4n) is 5.40. The van der Waals surface area contributed by atoms with E-state index in [-0.39, 0.29) is 0 Å². The van der Waals surface area contributed by atoms with Gasteiger partial charge < -0.3 is 0 Å². The maximum Gasteiger partial charge on any atom is 0.0249 e. The molecule has 0 aliphatic heterocycles. The van der Waals surface area contributed by atoms with E-state index >= 15 is 0 Å². The van der Waals surface area contributed by atoms with Crippen LogP contribution in [0.3, 0.4) is 0 Å². The van der Waals surface area contributed by atoms with Crippen molar-refractivity contribution in [3.05, 3.63) is 82.9 Å². The van der Waals surface area contributed by atoms with E-state index in [0.717, 1.165) is 42.2 Å². The normalized spacial score (nSPS) is 17.9. The van der Waals surface area contributed by atoms with Gasteiger partial charge in [-0.2, -0.15) is 0 Å². The average Bonchev–Trinajstić information content (AvgIpc) is 2.90. The van der Waals surface area contributed by atoms with Crippen molar-refractivity contribution in [3.63, 3.8) is 0 Å². The van der Waals surface area contributed by atoms with Crippen LogP contribution in [0, 0.1) is 23.7 Å². The van der Waals surface area contributed by atoms with Gasteiger partial charge in [-0.25, -0.2) is 0 Å². The molecule has 1 saturated carbocycles. The Hall–Kier alpha value is -2.26. The zero-order chi connectivity index (χ0) is 24.6. The van der Waals surface area contributed by atoms with Crippen LogP contribution in [0.25, 0.3) is 0 Å². The summed E-state index contributed by atoms with van der Waals surface area (Å²) in [6, 6.07) is 17.7. The first-order chi connectivity index (χ1) is 17.3.